The predicted molar refractivity (Wildman–Crippen MR) is 84.6 cm³/mol. The zero-order valence-electron chi connectivity index (χ0n) is 13.7. The van der Waals surface area contributed by atoms with E-state index in [1.54, 1.807) is 27.7 Å². The van der Waals surface area contributed by atoms with Gasteiger partial charge in [0.2, 0.25) is 0 Å². The van der Waals surface area contributed by atoms with Crippen molar-refractivity contribution in [2.24, 2.45) is 5.41 Å². The Morgan fingerprint density at radius 2 is 1.57 bits per heavy atom. The molecule has 0 saturated heterocycles. The van der Waals surface area contributed by atoms with Gasteiger partial charge in [-0.05, 0) is 62.8 Å². The summed E-state index contributed by atoms with van der Waals surface area (Å²) in [7, 11) is -4.12. The molecule has 2 N–H and O–H groups in total. The summed E-state index contributed by atoms with van der Waals surface area (Å²) in [5.41, 5.74) is 1.11. The number of amides is 1. The lowest BCUT2D eigenvalue weighted by molar-refractivity contribution is -0.161. The summed E-state index contributed by atoms with van der Waals surface area (Å²) >= 11 is 0. The first-order valence-electron chi connectivity index (χ1n) is 7.41. The first-order valence-corrected chi connectivity index (χ1v) is 8.89. The summed E-state index contributed by atoms with van der Waals surface area (Å²) in [5, 5.41) is 9.26. The number of rotatable bonds is 4. The summed E-state index contributed by atoms with van der Waals surface area (Å²) in [6.07, 6.45) is 0.921. The van der Waals surface area contributed by atoms with Crippen LogP contribution < -0.4 is 4.72 Å². The van der Waals surface area contributed by atoms with E-state index in [-0.39, 0.29) is 17.7 Å². The predicted octanol–water partition coefficient (Wildman–Crippen LogP) is 1.98. The van der Waals surface area contributed by atoms with Crippen LogP contribution >= 0.6 is 0 Å². The number of hydrogen-bond donors (Lipinski definition) is 2. The monoisotopic (exact) mass is 339 g/mol. The van der Waals surface area contributed by atoms with Crippen molar-refractivity contribution < 1.29 is 23.1 Å². The molecule has 1 aromatic carbocycles. The molecule has 0 spiro atoms. The highest BCUT2D eigenvalue weighted by Crippen LogP contribution is 2.41. The molecule has 1 aromatic rings. The van der Waals surface area contributed by atoms with Crippen molar-refractivity contribution in [1.82, 2.24) is 4.72 Å². The number of carbonyl (C=O) groups excluding carboxylic acids is 1. The number of carboxylic acids is 1. The number of aliphatic carboxylic acids is 1. The van der Waals surface area contributed by atoms with Crippen molar-refractivity contribution in [3.8, 4) is 0 Å². The molecule has 0 aromatic heterocycles. The third kappa shape index (κ3) is 2.73. The van der Waals surface area contributed by atoms with Crippen LogP contribution in [0.2, 0.25) is 0 Å². The lowest BCUT2D eigenvalue weighted by Gasteiger charge is -2.35. The molecule has 6 nitrogen and oxygen atoms in total. The van der Waals surface area contributed by atoms with Gasteiger partial charge in [-0.15, -0.1) is 0 Å². The second-order valence-corrected chi connectivity index (χ2v) is 7.88. The van der Waals surface area contributed by atoms with E-state index in [1.165, 1.54) is 0 Å². The van der Waals surface area contributed by atoms with Gasteiger partial charge in [-0.1, -0.05) is 12.5 Å². The van der Waals surface area contributed by atoms with Crippen molar-refractivity contribution in [1.29, 1.82) is 0 Å². The Morgan fingerprint density at radius 3 is 1.91 bits per heavy atom. The number of benzene rings is 1. The zero-order chi connectivity index (χ0) is 17.6. The first-order chi connectivity index (χ1) is 10.5. The van der Waals surface area contributed by atoms with Crippen molar-refractivity contribution >= 4 is 21.9 Å². The van der Waals surface area contributed by atoms with E-state index >= 15 is 0 Å². The average molecular weight is 339 g/mol. The van der Waals surface area contributed by atoms with Gasteiger partial charge in [-0.3, -0.25) is 9.59 Å². The van der Waals surface area contributed by atoms with E-state index in [2.05, 4.69) is 0 Å². The molecule has 2 rings (SSSR count). The molecule has 7 heteroatoms. The van der Waals surface area contributed by atoms with Crippen LogP contribution in [0.15, 0.2) is 11.0 Å². The number of carboxylic acid groups (broad SMARTS) is 1. The third-order valence-electron chi connectivity index (χ3n) is 4.84. The van der Waals surface area contributed by atoms with Crippen LogP contribution in [0.25, 0.3) is 0 Å². The Kier molecular flexibility index (Phi) is 4.28. The van der Waals surface area contributed by atoms with E-state index in [9.17, 15) is 23.1 Å². The van der Waals surface area contributed by atoms with Crippen molar-refractivity contribution in [2.75, 3.05) is 0 Å². The topological polar surface area (TPSA) is 101 Å². The van der Waals surface area contributed by atoms with Crippen LogP contribution in [0.1, 0.15) is 41.5 Å². The average Bonchev–Trinajstić information content (AvgIpc) is 2.33. The van der Waals surface area contributed by atoms with Gasteiger partial charge in [-0.25, -0.2) is 13.1 Å². The quantitative estimate of drug-likeness (QED) is 0.817. The maximum absolute atomic E-state index is 12.7. The molecule has 0 atom stereocenters. The number of nitrogens with one attached hydrogen (secondary N) is 1. The number of hydrogen-bond acceptors (Lipinski definition) is 4. The zero-order valence-corrected chi connectivity index (χ0v) is 14.5. The van der Waals surface area contributed by atoms with Gasteiger partial charge in [0.1, 0.15) is 5.41 Å². The molecule has 0 aliphatic heterocycles. The van der Waals surface area contributed by atoms with Gasteiger partial charge in [-0.2, -0.15) is 0 Å². The fraction of sp³-hybridized carbons (Fsp3) is 0.500. The van der Waals surface area contributed by atoms with Gasteiger partial charge in [0.05, 0.1) is 4.90 Å². The van der Waals surface area contributed by atoms with Crippen LogP contribution in [-0.2, 0) is 19.6 Å². The van der Waals surface area contributed by atoms with Gasteiger partial charge in [0.15, 0.2) is 0 Å². The van der Waals surface area contributed by atoms with Crippen LogP contribution in [0.3, 0.4) is 0 Å². The molecular weight excluding hydrogens is 318 g/mol. The molecule has 0 radical (unpaired) electrons. The first kappa shape index (κ1) is 17.5. The second-order valence-electron chi connectivity index (χ2n) is 6.26. The van der Waals surface area contributed by atoms with E-state index in [0.29, 0.717) is 17.5 Å². The van der Waals surface area contributed by atoms with Crippen molar-refractivity contribution in [3.05, 3.63) is 28.3 Å². The highest BCUT2D eigenvalue weighted by Gasteiger charge is 2.52. The van der Waals surface area contributed by atoms with Crippen LogP contribution in [0, 0.1) is 33.1 Å². The fourth-order valence-electron chi connectivity index (χ4n) is 2.92. The largest absolute Gasteiger partial charge is 0.480 e. The normalized spacial score (nSPS) is 16.5. The van der Waals surface area contributed by atoms with Crippen molar-refractivity contribution in [3.63, 3.8) is 0 Å². The third-order valence-corrected chi connectivity index (χ3v) is 6.45. The smallest absolute Gasteiger partial charge is 0.319 e. The van der Waals surface area contributed by atoms with Gasteiger partial charge in [0.25, 0.3) is 15.9 Å². The number of aryl methyl sites for hydroxylation is 2. The molecule has 0 unspecified atom stereocenters. The molecule has 1 aliphatic rings. The Labute approximate surface area is 136 Å². The van der Waals surface area contributed by atoms with Gasteiger partial charge < -0.3 is 5.11 Å². The SMILES string of the molecule is Cc1cc(C)c(C)c(S(=O)(=O)NC(=O)C2(C(=O)O)CCC2)c1C. The minimum Gasteiger partial charge on any atom is -0.480 e. The van der Waals surface area contributed by atoms with E-state index in [4.69, 9.17) is 0 Å². The van der Waals surface area contributed by atoms with E-state index in [1.807, 2.05) is 10.8 Å². The second kappa shape index (κ2) is 5.63. The molecular formula is C16H21NO5S. The summed E-state index contributed by atoms with van der Waals surface area (Å²) in [5.74, 6) is -2.22. The maximum Gasteiger partial charge on any atom is 0.319 e. The van der Waals surface area contributed by atoms with Crippen molar-refractivity contribution in [2.45, 2.75) is 51.9 Å². The molecule has 23 heavy (non-hydrogen) atoms. The minimum absolute atomic E-state index is 0.0585. The molecule has 126 valence electrons. The van der Waals surface area contributed by atoms with Crippen LogP contribution in [0.5, 0.6) is 0 Å². The minimum atomic E-state index is -4.12. The van der Waals surface area contributed by atoms with Gasteiger partial charge in [0, 0.05) is 0 Å². The molecule has 1 amide bonds. The molecule has 0 heterocycles. The number of carbonyl (C=O) groups is 2. The summed E-state index contributed by atoms with van der Waals surface area (Å²) in [4.78, 5) is 23.7. The highest BCUT2D eigenvalue weighted by molar-refractivity contribution is 7.90. The van der Waals surface area contributed by atoms with E-state index in [0.717, 1.165) is 11.1 Å². The van der Waals surface area contributed by atoms with Crippen LogP contribution in [0.4, 0.5) is 0 Å². The molecule has 1 fully saturated rings. The standard InChI is InChI=1S/C16H21NO5S/c1-9-8-10(2)12(4)13(11(9)3)23(21,22)17-14(18)16(15(19)20)6-5-7-16/h8H,5-7H2,1-4H3,(H,17,18)(H,19,20). The molecule has 1 saturated carbocycles. The summed E-state index contributed by atoms with van der Waals surface area (Å²) in [6.45, 7) is 6.95. The Hall–Kier alpha value is -1.89. The lowest BCUT2D eigenvalue weighted by Crippen LogP contribution is -2.52. The van der Waals surface area contributed by atoms with E-state index < -0.39 is 27.3 Å². The Balaban J connectivity index is 2.45. The lowest BCUT2D eigenvalue weighted by atomic mass is 9.68. The fourth-order valence-corrected chi connectivity index (χ4v) is 4.59. The molecule has 0 bridgehead atoms. The highest BCUT2D eigenvalue weighted by atomic mass is 32.2. The Morgan fingerprint density at radius 1 is 1.09 bits per heavy atom. The van der Waals surface area contributed by atoms with Crippen LogP contribution in [-0.4, -0.2) is 25.4 Å². The maximum atomic E-state index is 12.7. The Bertz CT molecular complexity index is 765. The summed E-state index contributed by atoms with van der Waals surface area (Å²) in [6, 6.07) is 1.89. The molecule has 1 aliphatic carbocycles. The number of sulfonamides is 1. The van der Waals surface area contributed by atoms with Gasteiger partial charge >= 0.3 is 5.97 Å². The summed E-state index contributed by atoms with van der Waals surface area (Å²) < 4.78 is 27.3.